The van der Waals surface area contributed by atoms with Crippen LogP contribution in [0.5, 0.6) is 0 Å². The molecule has 6 heteroatoms. The van der Waals surface area contributed by atoms with Crippen molar-refractivity contribution in [3.8, 4) is 11.5 Å². The quantitative estimate of drug-likeness (QED) is 0.818. The summed E-state index contributed by atoms with van der Waals surface area (Å²) in [6.07, 6.45) is 6.29. The van der Waals surface area contributed by atoms with E-state index in [1.165, 1.54) is 0 Å². The second-order valence-electron chi connectivity index (χ2n) is 3.62. The first-order valence-electron chi connectivity index (χ1n) is 5.10. The molecule has 2 N–H and O–H groups in total. The first kappa shape index (κ1) is 10.7. The molecule has 0 spiro atoms. The van der Waals surface area contributed by atoms with Crippen LogP contribution in [-0.4, -0.2) is 26.2 Å². The third-order valence-corrected chi connectivity index (χ3v) is 2.07. The van der Waals surface area contributed by atoms with Crippen LogP contribution in [0, 0.1) is 0 Å². The maximum absolute atomic E-state index is 5.65. The first-order valence-corrected chi connectivity index (χ1v) is 5.10. The number of hydrogen-bond donors (Lipinski definition) is 1. The fourth-order valence-electron chi connectivity index (χ4n) is 1.23. The number of nitrogens with zero attached hydrogens (tertiary/aromatic N) is 4. The molecule has 0 aliphatic heterocycles. The molecule has 0 aliphatic carbocycles. The molecule has 16 heavy (non-hydrogen) atoms. The van der Waals surface area contributed by atoms with E-state index in [9.17, 15) is 0 Å². The number of rotatable bonds is 4. The normalized spacial score (nSPS) is 12.6. The van der Waals surface area contributed by atoms with Crippen LogP contribution in [0.3, 0.4) is 0 Å². The average Bonchev–Trinajstić information content (AvgIpc) is 2.76. The van der Waals surface area contributed by atoms with E-state index in [1.54, 1.807) is 18.6 Å². The molecule has 0 saturated heterocycles. The predicted molar refractivity (Wildman–Crippen MR) is 57.3 cm³/mol. The van der Waals surface area contributed by atoms with Crippen LogP contribution in [-0.2, 0) is 6.42 Å². The fourth-order valence-corrected chi connectivity index (χ4v) is 1.23. The highest BCUT2D eigenvalue weighted by Gasteiger charge is 2.09. The molecule has 0 amide bonds. The highest BCUT2D eigenvalue weighted by Crippen LogP contribution is 2.11. The van der Waals surface area contributed by atoms with Crippen molar-refractivity contribution in [1.29, 1.82) is 0 Å². The van der Waals surface area contributed by atoms with Crippen LogP contribution in [0.15, 0.2) is 23.1 Å². The van der Waals surface area contributed by atoms with Crippen LogP contribution in [0.2, 0.25) is 0 Å². The lowest BCUT2D eigenvalue weighted by atomic mass is 10.2. The molecular formula is C10H13N5O. The van der Waals surface area contributed by atoms with E-state index in [4.69, 9.17) is 10.3 Å². The van der Waals surface area contributed by atoms with Gasteiger partial charge in [0, 0.05) is 24.9 Å². The first-order chi connectivity index (χ1) is 7.75. The Hall–Kier alpha value is -1.82. The molecule has 0 aliphatic rings. The van der Waals surface area contributed by atoms with E-state index >= 15 is 0 Å². The Bertz CT molecular complexity index is 439. The summed E-state index contributed by atoms with van der Waals surface area (Å²) in [6, 6.07) is 0.131. The summed E-state index contributed by atoms with van der Waals surface area (Å²) in [5.74, 6) is 1.05. The van der Waals surface area contributed by atoms with Crippen LogP contribution in [0.4, 0.5) is 0 Å². The molecule has 2 aromatic heterocycles. The van der Waals surface area contributed by atoms with Crippen molar-refractivity contribution >= 4 is 0 Å². The highest BCUT2D eigenvalue weighted by molar-refractivity contribution is 5.45. The van der Waals surface area contributed by atoms with Crippen molar-refractivity contribution in [3.05, 3.63) is 24.5 Å². The summed E-state index contributed by atoms with van der Waals surface area (Å²) in [4.78, 5) is 12.2. The molecule has 84 valence electrons. The van der Waals surface area contributed by atoms with Crippen molar-refractivity contribution in [1.82, 2.24) is 20.1 Å². The van der Waals surface area contributed by atoms with Gasteiger partial charge in [-0.3, -0.25) is 4.98 Å². The van der Waals surface area contributed by atoms with E-state index in [1.807, 2.05) is 6.92 Å². The molecule has 6 nitrogen and oxygen atoms in total. The molecule has 0 fully saturated rings. The second kappa shape index (κ2) is 4.80. The molecule has 2 heterocycles. The molecular weight excluding hydrogens is 206 g/mol. The van der Waals surface area contributed by atoms with E-state index < -0.39 is 0 Å². The number of aromatic nitrogens is 4. The lowest BCUT2D eigenvalue weighted by Gasteiger charge is -1.99. The van der Waals surface area contributed by atoms with Gasteiger partial charge in [-0.25, -0.2) is 4.98 Å². The summed E-state index contributed by atoms with van der Waals surface area (Å²) in [5, 5.41) is 3.83. The molecule has 1 atom stereocenters. The molecule has 0 saturated carbocycles. The van der Waals surface area contributed by atoms with Crippen molar-refractivity contribution in [2.45, 2.75) is 25.8 Å². The van der Waals surface area contributed by atoms with E-state index in [0.717, 1.165) is 6.42 Å². The van der Waals surface area contributed by atoms with Crippen molar-refractivity contribution in [2.75, 3.05) is 0 Å². The highest BCUT2D eigenvalue weighted by atomic mass is 16.5. The monoisotopic (exact) mass is 219 g/mol. The van der Waals surface area contributed by atoms with Crippen molar-refractivity contribution < 1.29 is 4.52 Å². The Labute approximate surface area is 92.9 Å². The van der Waals surface area contributed by atoms with Gasteiger partial charge in [0.2, 0.25) is 11.7 Å². The molecule has 2 aromatic rings. The van der Waals surface area contributed by atoms with Gasteiger partial charge < -0.3 is 10.3 Å². The van der Waals surface area contributed by atoms with Crippen molar-refractivity contribution in [2.24, 2.45) is 5.73 Å². The Morgan fingerprint density at radius 1 is 1.44 bits per heavy atom. The maximum Gasteiger partial charge on any atom is 0.227 e. The number of aryl methyl sites for hydroxylation is 1. The van der Waals surface area contributed by atoms with E-state index in [0.29, 0.717) is 23.8 Å². The van der Waals surface area contributed by atoms with Crippen LogP contribution >= 0.6 is 0 Å². The Kier molecular flexibility index (Phi) is 3.21. The summed E-state index contributed by atoms with van der Waals surface area (Å²) < 4.78 is 5.09. The average molecular weight is 219 g/mol. The topological polar surface area (TPSA) is 90.7 Å². The van der Waals surface area contributed by atoms with Gasteiger partial charge >= 0.3 is 0 Å². The van der Waals surface area contributed by atoms with Gasteiger partial charge in [-0.1, -0.05) is 5.16 Å². The largest absolute Gasteiger partial charge is 0.339 e. The zero-order valence-electron chi connectivity index (χ0n) is 9.00. The number of hydrogen-bond acceptors (Lipinski definition) is 6. The van der Waals surface area contributed by atoms with Crippen LogP contribution in [0.1, 0.15) is 19.2 Å². The minimum Gasteiger partial charge on any atom is -0.339 e. The maximum atomic E-state index is 5.65. The van der Waals surface area contributed by atoms with Gasteiger partial charge in [0.1, 0.15) is 5.69 Å². The zero-order chi connectivity index (χ0) is 11.4. The zero-order valence-corrected chi connectivity index (χ0v) is 9.00. The minimum absolute atomic E-state index is 0.131. The Morgan fingerprint density at radius 2 is 2.31 bits per heavy atom. The fraction of sp³-hybridized carbons (Fsp3) is 0.400. The third-order valence-electron chi connectivity index (χ3n) is 2.07. The summed E-state index contributed by atoms with van der Waals surface area (Å²) >= 11 is 0. The van der Waals surface area contributed by atoms with Gasteiger partial charge in [-0.15, -0.1) is 0 Å². The summed E-state index contributed by atoms with van der Waals surface area (Å²) in [5.41, 5.74) is 6.26. The Balaban J connectivity index is 2.08. The third kappa shape index (κ3) is 2.60. The molecule has 0 bridgehead atoms. The molecule has 1 unspecified atom stereocenters. The van der Waals surface area contributed by atoms with Gasteiger partial charge in [0.25, 0.3) is 0 Å². The van der Waals surface area contributed by atoms with Gasteiger partial charge in [-0.2, -0.15) is 4.98 Å². The van der Waals surface area contributed by atoms with E-state index in [2.05, 4.69) is 20.1 Å². The molecule has 0 aromatic carbocycles. The molecule has 2 rings (SSSR count). The van der Waals surface area contributed by atoms with Gasteiger partial charge in [-0.05, 0) is 13.3 Å². The minimum atomic E-state index is 0.131. The van der Waals surface area contributed by atoms with Crippen molar-refractivity contribution in [3.63, 3.8) is 0 Å². The molecule has 0 radical (unpaired) electrons. The second-order valence-corrected chi connectivity index (χ2v) is 3.62. The summed E-state index contributed by atoms with van der Waals surface area (Å²) in [6.45, 7) is 1.94. The van der Waals surface area contributed by atoms with Gasteiger partial charge in [0.15, 0.2) is 0 Å². The lowest BCUT2D eigenvalue weighted by molar-refractivity contribution is 0.372. The van der Waals surface area contributed by atoms with Crippen LogP contribution in [0.25, 0.3) is 11.5 Å². The smallest absolute Gasteiger partial charge is 0.227 e. The van der Waals surface area contributed by atoms with E-state index in [-0.39, 0.29) is 6.04 Å². The number of nitrogens with two attached hydrogens (primary N) is 1. The predicted octanol–water partition coefficient (Wildman–Crippen LogP) is 0.806. The van der Waals surface area contributed by atoms with Gasteiger partial charge in [0.05, 0.1) is 6.20 Å². The standard InChI is InChI=1S/C10H13N5O/c1-7(11)2-3-9-14-10(15-16-9)8-6-12-4-5-13-8/h4-7H,2-3,11H2,1H3. The lowest BCUT2D eigenvalue weighted by Crippen LogP contribution is -2.15. The SMILES string of the molecule is CC(N)CCc1nc(-c2cnccn2)no1. The summed E-state index contributed by atoms with van der Waals surface area (Å²) in [7, 11) is 0. The Morgan fingerprint density at radius 3 is 3.00 bits per heavy atom. The van der Waals surface area contributed by atoms with Crippen LogP contribution < -0.4 is 5.73 Å².